The first-order valence-corrected chi connectivity index (χ1v) is 9.25. The topological polar surface area (TPSA) is 73.8 Å². The Morgan fingerprint density at radius 3 is 2.46 bits per heavy atom. The molecule has 7 rings (SSSR count). The van der Waals surface area contributed by atoms with Crippen LogP contribution < -0.4 is 9.05 Å². The van der Waals surface area contributed by atoms with Gasteiger partial charge >= 0.3 is 23.2 Å². The molecule has 122 valence electrons. The van der Waals surface area contributed by atoms with Crippen LogP contribution in [0.4, 0.5) is 0 Å². The number of para-hydroxylation sites is 1. The molecular weight excluding hydrogens is 358 g/mol. The first-order chi connectivity index (χ1) is 11.8. The lowest BCUT2D eigenvalue weighted by molar-refractivity contribution is -0.569. The number of hydrogen-bond acceptors (Lipinski definition) is 8. The van der Waals surface area contributed by atoms with Gasteiger partial charge in [-0.05, 0) is 6.07 Å². The molecule has 4 bridgehead atoms. The molecule has 24 heavy (non-hydrogen) atoms. The lowest BCUT2D eigenvalue weighted by Crippen LogP contribution is -2.65. The zero-order valence-electron chi connectivity index (χ0n) is 11.8. The molecular formula is C14H8O8P2. The van der Waals surface area contributed by atoms with Crippen LogP contribution in [0.3, 0.4) is 0 Å². The van der Waals surface area contributed by atoms with Crippen LogP contribution in [-0.2, 0) is 33.8 Å². The predicted molar refractivity (Wildman–Crippen MR) is 78.0 cm³/mol. The molecule has 0 saturated carbocycles. The van der Waals surface area contributed by atoms with Gasteiger partial charge in [-0.2, -0.15) is 9.56 Å². The van der Waals surface area contributed by atoms with E-state index in [1.165, 1.54) is 0 Å². The number of fused-ring (bicyclic) bond motifs is 2. The van der Waals surface area contributed by atoms with Crippen molar-refractivity contribution >= 4 is 17.2 Å². The molecule has 5 heterocycles. The summed E-state index contributed by atoms with van der Waals surface area (Å²) in [5.74, 6) is -0.613. The third-order valence-electron chi connectivity index (χ3n) is 4.13. The monoisotopic (exact) mass is 366 g/mol. The van der Waals surface area contributed by atoms with Crippen molar-refractivity contribution in [3.63, 3.8) is 0 Å². The van der Waals surface area contributed by atoms with E-state index in [9.17, 15) is 0 Å². The molecule has 0 N–H and O–H groups in total. The van der Waals surface area contributed by atoms with E-state index < -0.39 is 28.8 Å². The van der Waals surface area contributed by atoms with Crippen molar-refractivity contribution in [2.75, 3.05) is 0 Å². The molecule has 2 unspecified atom stereocenters. The van der Waals surface area contributed by atoms with Crippen molar-refractivity contribution in [3.8, 4) is 11.5 Å². The van der Waals surface area contributed by atoms with Gasteiger partial charge in [0.05, 0.1) is 0 Å². The van der Waals surface area contributed by atoms with Crippen molar-refractivity contribution in [2.24, 2.45) is 0 Å². The van der Waals surface area contributed by atoms with Crippen LogP contribution in [0, 0.1) is 0 Å². The van der Waals surface area contributed by atoms with Crippen LogP contribution in [0.15, 0.2) is 48.5 Å². The van der Waals surface area contributed by atoms with Crippen LogP contribution >= 0.6 is 17.2 Å². The normalized spacial score (nSPS) is 38.0. The van der Waals surface area contributed by atoms with E-state index in [0.29, 0.717) is 22.6 Å². The second-order valence-electron chi connectivity index (χ2n) is 5.36. The lowest BCUT2D eigenvalue weighted by atomic mass is 9.83. The standard InChI is InChI=1S/C14H8O8P2/c1-2-5-9(6-3-1)13-10-7-4-8-11-12(10)16-23(15-11)22-18-14(13)19-24(20-14)21-17-13/h1-8H. The fraction of sp³-hybridized carbons (Fsp3) is 0.143. The second-order valence-corrected chi connectivity index (χ2v) is 7.29. The Hall–Kier alpha value is -1.34. The van der Waals surface area contributed by atoms with E-state index >= 15 is 0 Å². The molecule has 2 aromatic carbocycles. The number of hydrogen-bond donors (Lipinski definition) is 0. The SMILES string of the molecule is c1ccc(C23OOP4OC2(OOP2Oc5cccc3c5O2)O4)cc1. The predicted octanol–water partition coefficient (Wildman–Crippen LogP) is 3.78. The molecule has 8 nitrogen and oxygen atoms in total. The van der Waals surface area contributed by atoms with E-state index in [2.05, 4.69) is 0 Å². The summed E-state index contributed by atoms with van der Waals surface area (Å²) >= 11 is 0. The first-order valence-electron chi connectivity index (χ1n) is 7.06. The first kappa shape index (κ1) is 13.9. The fourth-order valence-corrected chi connectivity index (χ4v) is 4.95. The molecule has 3 fully saturated rings. The average Bonchev–Trinajstić information content (AvgIpc) is 3.02. The van der Waals surface area contributed by atoms with Gasteiger partial charge in [0, 0.05) is 11.1 Å². The largest absolute Gasteiger partial charge is 0.493 e. The highest BCUT2D eigenvalue weighted by Crippen LogP contribution is 2.74. The molecule has 1 spiro atoms. The van der Waals surface area contributed by atoms with Crippen LogP contribution in [0.5, 0.6) is 11.5 Å². The summed E-state index contributed by atoms with van der Waals surface area (Å²) in [6.07, 6.45) is 0. The van der Waals surface area contributed by atoms with Crippen molar-refractivity contribution in [3.05, 3.63) is 59.7 Å². The Bertz CT molecular complexity index is 827. The Kier molecular flexibility index (Phi) is 2.68. The van der Waals surface area contributed by atoms with E-state index in [4.69, 9.17) is 37.2 Å². The molecule has 0 radical (unpaired) electrons. The van der Waals surface area contributed by atoms with Crippen LogP contribution in [0.25, 0.3) is 0 Å². The van der Waals surface area contributed by atoms with Gasteiger partial charge < -0.3 is 9.05 Å². The van der Waals surface area contributed by atoms with Gasteiger partial charge in [0.15, 0.2) is 11.5 Å². The molecule has 10 heteroatoms. The molecule has 2 atom stereocenters. The van der Waals surface area contributed by atoms with Gasteiger partial charge in [0.1, 0.15) is 0 Å². The van der Waals surface area contributed by atoms with Gasteiger partial charge in [-0.15, -0.1) is 4.67 Å². The third-order valence-corrected chi connectivity index (χ3v) is 5.98. The summed E-state index contributed by atoms with van der Waals surface area (Å²) in [5.41, 5.74) is -0.0989. The summed E-state index contributed by atoms with van der Waals surface area (Å²) < 4.78 is 33.4. The van der Waals surface area contributed by atoms with Gasteiger partial charge in [-0.25, -0.2) is 13.9 Å². The number of rotatable bonds is 1. The van der Waals surface area contributed by atoms with E-state index in [0.717, 1.165) is 0 Å². The maximum absolute atomic E-state index is 5.79. The Balaban J connectivity index is 1.68. The Labute approximate surface area is 137 Å². The highest BCUT2D eigenvalue weighted by Gasteiger charge is 2.77. The third kappa shape index (κ3) is 1.56. The highest BCUT2D eigenvalue weighted by molar-refractivity contribution is 7.43. The molecule has 0 aromatic heterocycles. The second kappa shape index (κ2) is 4.64. The summed E-state index contributed by atoms with van der Waals surface area (Å²) in [5, 5.41) is 0. The minimum atomic E-state index is -1.74. The van der Waals surface area contributed by atoms with Gasteiger partial charge in [0.2, 0.25) is 5.60 Å². The number of benzene rings is 2. The van der Waals surface area contributed by atoms with Crippen molar-refractivity contribution in [1.82, 2.24) is 0 Å². The maximum atomic E-state index is 5.79. The van der Waals surface area contributed by atoms with E-state index in [1.54, 1.807) is 6.07 Å². The summed E-state index contributed by atoms with van der Waals surface area (Å²) in [6.45, 7) is 0. The van der Waals surface area contributed by atoms with Crippen molar-refractivity contribution < 1.29 is 37.2 Å². The minimum absolute atomic E-state index is 0.490. The summed E-state index contributed by atoms with van der Waals surface area (Å²) in [7, 11) is -3.37. The van der Waals surface area contributed by atoms with E-state index in [1.807, 2.05) is 42.5 Å². The van der Waals surface area contributed by atoms with Crippen molar-refractivity contribution in [1.29, 1.82) is 0 Å². The fourth-order valence-electron chi connectivity index (χ4n) is 3.09. The Morgan fingerprint density at radius 2 is 1.58 bits per heavy atom. The van der Waals surface area contributed by atoms with Crippen LogP contribution in [0.1, 0.15) is 11.1 Å². The van der Waals surface area contributed by atoms with Crippen LogP contribution in [0.2, 0.25) is 0 Å². The average molecular weight is 366 g/mol. The molecule has 0 aliphatic carbocycles. The van der Waals surface area contributed by atoms with Crippen molar-refractivity contribution in [2.45, 2.75) is 11.6 Å². The Morgan fingerprint density at radius 1 is 0.750 bits per heavy atom. The summed E-state index contributed by atoms with van der Waals surface area (Å²) in [6, 6.07) is 14.8. The minimum Gasteiger partial charge on any atom is -0.412 e. The zero-order valence-corrected chi connectivity index (χ0v) is 13.6. The maximum Gasteiger partial charge on any atom is 0.493 e. The smallest absolute Gasteiger partial charge is 0.412 e. The molecule has 5 aliphatic heterocycles. The highest BCUT2D eigenvalue weighted by atomic mass is 31.2. The van der Waals surface area contributed by atoms with Crippen LogP contribution in [-0.4, -0.2) is 5.97 Å². The molecule has 2 aromatic rings. The van der Waals surface area contributed by atoms with Gasteiger partial charge in [0.25, 0.3) is 0 Å². The lowest BCUT2D eigenvalue weighted by Gasteiger charge is -2.55. The zero-order chi connectivity index (χ0) is 15.8. The van der Waals surface area contributed by atoms with E-state index in [-0.39, 0.29) is 0 Å². The van der Waals surface area contributed by atoms with Gasteiger partial charge in [-0.1, -0.05) is 42.5 Å². The molecule has 0 amide bonds. The molecule has 3 saturated heterocycles. The molecule has 5 aliphatic rings. The quantitative estimate of drug-likeness (QED) is 0.558. The van der Waals surface area contributed by atoms with Gasteiger partial charge in [-0.3, -0.25) is 0 Å². The summed E-state index contributed by atoms with van der Waals surface area (Å²) in [4.78, 5) is 11.3.